The zero-order valence-electron chi connectivity index (χ0n) is 10.8. The number of nitrogens with one attached hydrogen (secondary N) is 2. The predicted octanol–water partition coefficient (Wildman–Crippen LogP) is 2.56. The Labute approximate surface area is 122 Å². The van der Waals surface area contributed by atoms with Crippen LogP contribution in [-0.2, 0) is 11.3 Å². The Hall–Kier alpha value is -1.91. The van der Waals surface area contributed by atoms with Crippen molar-refractivity contribution in [3.63, 3.8) is 0 Å². The van der Waals surface area contributed by atoms with Gasteiger partial charge in [0.15, 0.2) is 5.15 Å². The van der Waals surface area contributed by atoms with E-state index in [1.807, 2.05) is 24.3 Å². The Kier molecular flexibility index (Phi) is 3.67. The second-order valence-corrected chi connectivity index (χ2v) is 5.07. The summed E-state index contributed by atoms with van der Waals surface area (Å²) in [6.07, 6.45) is 1.59. The number of nitrogens with zero attached hydrogens (tertiary/aromatic N) is 1. The van der Waals surface area contributed by atoms with Crippen LogP contribution in [0.3, 0.4) is 0 Å². The molecule has 3 rings (SSSR count). The third-order valence-corrected chi connectivity index (χ3v) is 3.73. The Morgan fingerprint density at radius 3 is 3.00 bits per heavy atom. The molecule has 0 saturated carbocycles. The number of pyridine rings is 1. The number of fused-ring (bicyclic) bond motifs is 1. The van der Waals surface area contributed by atoms with Crippen molar-refractivity contribution in [1.29, 1.82) is 0 Å². The lowest BCUT2D eigenvalue weighted by atomic mass is 9.90. The van der Waals surface area contributed by atoms with Gasteiger partial charge in [0, 0.05) is 19.3 Å². The fourth-order valence-corrected chi connectivity index (χ4v) is 2.60. The molecule has 0 aliphatic carbocycles. The molecule has 1 amide bonds. The minimum absolute atomic E-state index is 0.0699. The summed E-state index contributed by atoms with van der Waals surface area (Å²) >= 11 is 5.97. The van der Waals surface area contributed by atoms with Crippen LogP contribution in [0.25, 0.3) is 0 Å². The summed E-state index contributed by atoms with van der Waals surface area (Å²) in [5.74, 6) is -0.282. The first-order valence-electron chi connectivity index (χ1n) is 6.45. The fraction of sp³-hybridized carbons (Fsp3) is 0.200. The van der Waals surface area contributed by atoms with Crippen LogP contribution >= 0.6 is 11.6 Å². The predicted molar refractivity (Wildman–Crippen MR) is 78.8 cm³/mol. The number of carbonyl (C=O) groups is 1. The zero-order valence-corrected chi connectivity index (χ0v) is 11.5. The highest BCUT2D eigenvalue weighted by molar-refractivity contribution is 6.32. The molecule has 2 N–H and O–H groups in total. The van der Waals surface area contributed by atoms with Gasteiger partial charge in [0.1, 0.15) is 0 Å². The van der Waals surface area contributed by atoms with Crippen molar-refractivity contribution >= 4 is 23.2 Å². The molecule has 20 heavy (non-hydrogen) atoms. The van der Waals surface area contributed by atoms with E-state index in [1.54, 1.807) is 18.3 Å². The monoisotopic (exact) mass is 287 g/mol. The topological polar surface area (TPSA) is 54.0 Å². The molecule has 2 aromatic rings. The van der Waals surface area contributed by atoms with Crippen LogP contribution in [0.2, 0.25) is 5.15 Å². The standard InChI is InChI=1S/C15H14ClN3O/c16-14-13(6-3-7-18-14)19-15(20)12-9-17-8-10-4-1-2-5-11(10)12/h1-7,12,17H,8-9H2,(H,19,20). The average Bonchev–Trinajstić information content (AvgIpc) is 2.49. The lowest BCUT2D eigenvalue weighted by molar-refractivity contribution is -0.117. The van der Waals surface area contributed by atoms with E-state index < -0.39 is 0 Å². The Morgan fingerprint density at radius 1 is 1.30 bits per heavy atom. The minimum atomic E-state index is -0.212. The van der Waals surface area contributed by atoms with Crippen molar-refractivity contribution in [2.75, 3.05) is 11.9 Å². The molecule has 0 saturated heterocycles. The summed E-state index contributed by atoms with van der Waals surface area (Å²) < 4.78 is 0. The van der Waals surface area contributed by atoms with Crippen molar-refractivity contribution in [3.05, 3.63) is 58.9 Å². The van der Waals surface area contributed by atoms with Crippen molar-refractivity contribution in [1.82, 2.24) is 10.3 Å². The molecule has 102 valence electrons. The third kappa shape index (κ3) is 2.53. The first-order chi connectivity index (χ1) is 9.75. The van der Waals surface area contributed by atoms with Crippen LogP contribution in [0.15, 0.2) is 42.6 Å². The van der Waals surface area contributed by atoms with Gasteiger partial charge in [0.2, 0.25) is 5.91 Å². The molecule has 0 fully saturated rings. The zero-order chi connectivity index (χ0) is 13.9. The molecule has 5 heteroatoms. The quantitative estimate of drug-likeness (QED) is 0.835. The first-order valence-corrected chi connectivity index (χ1v) is 6.83. The van der Waals surface area contributed by atoms with Crippen LogP contribution in [0, 0.1) is 0 Å². The summed E-state index contributed by atoms with van der Waals surface area (Å²) in [6, 6.07) is 11.5. The van der Waals surface area contributed by atoms with E-state index in [9.17, 15) is 4.79 Å². The number of hydrogen-bond acceptors (Lipinski definition) is 3. The van der Waals surface area contributed by atoms with Crippen molar-refractivity contribution in [3.8, 4) is 0 Å². The number of hydrogen-bond donors (Lipinski definition) is 2. The average molecular weight is 288 g/mol. The van der Waals surface area contributed by atoms with Gasteiger partial charge in [-0.15, -0.1) is 0 Å². The van der Waals surface area contributed by atoms with E-state index in [2.05, 4.69) is 15.6 Å². The second-order valence-electron chi connectivity index (χ2n) is 4.71. The maximum Gasteiger partial charge on any atom is 0.233 e. The molecule has 0 radical (unpaired) electrons. The van der Waals surface area contributed by atoms with Gasteiger partial charge in [0.05, 0.1) is 11.6 Å². The Bertz CT molecular complexity index is 645. The molecule has 1 atom stereocenters. The van der Waals surface area contributed by atoms with Crippen LogP contribution in [0.5, 0.6) is 0 Å². The highest BCUT2D eigenvalue weighted by Crippen LogP contribution is 2.26. The van der Waals surface area contributed by atoms with Gasteiger partial charge in [-0.25, -0.2) is 4.98 Å². The highest BCUT2D eigenvalue weighted by atomic mass is 35.5. The largest absolute Gasteiger partial charge is 0.323 e. The summed E-state index contributed by atoms with van der Waals surface area (Å²) in [7, 11) is 0. The van der Waals surface area contributed by atoms with Crippen LogP contribution in [0.4, 0.5) is 5.69 Å². The summed E-state index contributed by atoms with van der Waals surface area (Å²) in [6.45, 7) is 1.42. The van der Waals surface area contributed by atoms with Gasteiger partial charge < -0.3 is 10.6 Å². The molecule has 1 aliphatic rings. The molecule has 0 spiro atoms. The van der Waals surface area contributed by atoms with Gasteiger partial charge in [-0.05, 0) is 23.3 Å². The number of aromatic nitrogens is 1. The fourth-order valence-electron chi connectivity index (χ4n) is 2.43. The lowest BCUT2D eigenvalue weighted by Crippen LogP contribution is -2.35. The lowest BCUT2D eigenvalue weighted by Gasteiger charge is -2.25. The molecule has 4 nitrogen and oxygen atoms in total. The van der Waals surface area contributed by atoms with E-state index in [0.29, 0.717) is 17.4 Å². The van der Waals surface area contributed by atoms with Crippen LogP contribution < -0.4 is 10.6 Å². The molecular weight excluding hydrogens is 274 g/mol. The molecule has 1 aromatic carbocycles. The normalized spacial score (nSPS) is 17.4. The third-order valence-electron chi connectivity index (χ3n) is 3.43. The second kappa shape index (κ2) is 5.61. The van der Waals surface area contributed by atoms with E-state index >= 15 is 0 Å². The van der Waals surface area contributed by atoms with E-state index in [4.69, 9.17) is 11.6 Å². The first kappa shape index (κ1) is 13.1. The summed E-state index contributed by atoms with van der Waals surface area (Å²) in [5.41, 5.74) is 2.78. The van der Waals surface area contributed by atoms with Gasteiger partial charge in [-0.3, -0.25) is 4.79 Å². The number of amides is 1. The molecular formula is C15H14ClN3O. The van der Waals surface area contributed by atoms with E-state index in [-0.39, 0.29) is 11.8 Å². The van der Waals surface area contributed by atoms with Crippen molar-refractivity contribution < 1.29 is 4.79 Å². The van der Waals surface area contributed by atoms with Gasteiger partial charge in [0.25, 0.3) is 0 Å². The number of rotatable bonds is 2. The Balaban J connectivity index is 1.84. The highest BCUT2D eigenvalue weighted by Gasteiger charge is 2.26. The number of carbonyl (C=O) groups excluding carboxylic acids is 1. The number of anilines is 1. The molecule has 2 heterocycles. The van der Waals surface area contributed by atoms with Gasteiger partial charge >= 0.3 is 0 Å². The van der Waals surface area contributed by atoms with E-state index in [0.717, 1.165) is 17.7 Å². The van der Waals surface area contributed by atoms with E-state index in [1.165, 1.54) is 0 Å². The minimum Gasteiger partial charge on any atom is -0.323 e. The maximum atomic E-state index is 12.4. The molecule has 0 bridgehead atoms. The van der Waals surface area contributed by atoms with Crippen LogP contribution in [-0.4, -0.2) is 17.4 Å². The summed E-state index contributed by atoms with van der Waals surface area (Å²) in [5, 5.41) is 6.41. The SMILES string of the molecule is O=C(Nc1cccnc1Cl)C1CNCc2ccccc21. The van der Waals surface area contributed by atoms with Gasteiger partial charge in [-0.1, -0.05) is 35.9 Å². The van der Waals surface area contributed by atoms with Crippen molar-refractivity contribution in [2.45, 2.75) is 12.5 Å². The van der Waals surface area contributed by atoms with Crippen molar-refractivity contribution in [2.24, 2.45) is 0 Å². The molecule has 1 aromatic heterocycles. The smallest absolute Gasteiger partial charge is 0.233 e. The summed E-state index contributed by atoms with van der Waals surface area (Å²) in [4.78, 5) is 16.4. The number of benzene rings is 1. The van der Waals surface area contributed by atoms with Gasteiger partial charge in [-0.2, -0.15) is 0 Å². The Morgan fingerprint density at radius 2 is 2.15 bits per heavy atom. The molecule has 1 unspecified atom stereocenters. The molecule has 1 aliphatic heterocycles. The maximum absolute atomic E-state index is 12.4. The number of halogens is 1. The van der Waals surface area contributed by atoms with Crippen LogP contribution in [0.1, 0.15) is 17.0 Å².